The molecule has 36 heavy (non-hydrogen) atoms. The van der Waals surface area contributed by atoms with Gasteiger partial charge in [0.15, 0.2) is 0 Å². The quantitative estimate of drug-likeness (QED) is 0.426. The molecule has 4 atom stereocenters. The zero-order valence-corrected chi connectivity index (χ0v) is 23.2. The van der Waals surface area contributed by atoms with Crippen molar-refractivity contribution in [2.75, 3.05) is 7.11 Å². The van der Waals surface area contributed by atoms with Crippen molar-refractivity contribution in [2.24, 2.45) is 5.41 Å². The predicted molar refractivity (Wildman–Crippen MR) is 140 cm³/mol. The number of carbonyl (C=O) groups is 1. The van der Waals surface area contributed by atoms with Gasteiger partial charge in [-0.25, -0.2) is 4.39 Å². The summed E-state index contributed by atoms with van der Waals surface area (Å²) in [4.78, 5) is 13.6. The molecule has 2 aromatic rings. The van der Waals surface area contributed by atoms with E-state index in [-0.39, 0.29) is 16.0 Å². The van der Waals surface area contributed by atoms with Gasteiger partial charge in [0.1, 0.15) is 28.6 Å². The van der Waals surface area contributed by atoms with Crippen molar-refractivity contribution in [3.05, 3.63) is 63.4 Å². The maximum absolute atomic E-state index is 15.7. The normalized spacial score (nSPS) is 24.3. The smallest absolute Gasteiger partial charge is 0.324 e. The molecule has 194 valence electrons. The zero-order chi connectivity index (χ0) is 27.1. The third-order valence-corrected chi connectivity index (χ3v) is 6.79. The molecule has 3 rings (SSSR count). The average Bonchev–Trinajstić information content (AvgIpc) is 3.05. The van der Waals surface area contributed by atoms with Crippen molar-refractivity contribution in [3.63, 3.8) is 0 Å². The number of ether oxygens (including phenoxy) is 2. The summed E-state index contributed by atoms with van der Waals surface area (Å²) in [6.45, 7) is 11.4. The first-order valence-electron chi connectivity index (χ1n) is 11.8. The number of esters is 1. The van der Waals surface area contributed by atoms with Gasteiger partial charge in [-0.2, -0.15) is 5.26 Å². The molecule has 0 saturated carbocycles. The van der Waals surface area contributed by atoms with Crippen molar-refractivity contribution in [3.8, 4) is 11.8 Å². The number of halogens is 3. The number of methoxy groups -OCH3 is 1. The van der Waals surface area contributed by atoms with Crippen molar-refractivity contribution < 1.29 is 18.7 Å². The van der Waals surface area contributed by atoms with Crippen LogP contribution in [-0.2, 0) is 14.9 Å². The van der Waals surface area contributed by atoms with Gasteiger partial charge in [-0.3, -0.25) is 10.1 Å². The van der Waals surface area contributed by atoms with Gasteiger partial charge in [-0.05, 0) is 62.9 Å². The lowest BCUT2D eigenvalue weighted by atomic mass is 9.62. The predicted octanol–water partition coefficient (Wildman–Crippen LogP) is 6.80. The maximum atomic E-state index is 15.7. The molecule has 5 nitrogen and oxygen atoms in total. The lowest BCUT2D eigenvalue weighted by Crippen LogP contribution is -2.44. The Balaban J connectivity index is 2.39. The topological polar surface area (TPSA) is 71.3 Å². The Morgan fingerprint density at radius 2 is 1.72 bits per heavy atom. The highest BCUT2D eigenvalue weighted by atomic mass is 35.5. The molecule has 0 aromatic heterocycles. The second kappa shape index (κ2) is 10.2. The van der Waals surface area contributed by atoms with Crippen LogP contribution in [0.5, 0.6) is 5.75 Å². The molecule has 0 unspecified atom stereocenters. The molecular weight excluding hydrogens is 502 g/mol. The van der Waals surface area contributed by atoms with Gasteiger partial charge < -0.3 is 9.47 Å². The summed E-state index contributed by atoms with van der Waals surface area (Å²) in [7, 11) is 1.50. The van der Waals surface area contributed by atoms with Crippen LogP contribution in [0.15, 0.2) is 36.4 Å². The standard InChI is InChI=1S/C28H33Cl2FN2O3/c1-26(2,3)14-22-28(15-32,19-10-8-17(30)13-20(19)31)23(18-12-16(29)9-11-21(18)35-7)24(33-22)25(34)36-27(4,5)6/h8-13,22-24,33H,14H2,1-7H3/t22-,23-,24+,28-/m0/s1. The molecule has 0 aliphatic carbocycles. The summed E-state index contributed by atoms with van der Waals surface area (Å²) in [5.74, 6) is -1.61. The van der Waals surface area contributed by atoms with E-state index >= 15 is 4.39 Å². The molecule has 0 amide bonds. The molecule has 1 saturated heterocycles. The summed E-state index contributed by atoms with van der Waals surface area (Å²) < 4.78 is 27.1. The highest BCUT2D eigenvalue weighted by Crippen LogP contribution is 2.54. The second-order valence-electron chi connectivity index (χ2n) is 11.5. The van der Waals surface area contributed by atoms with Crippen LogP contribution >= 0.6 is 23.2 Å². The molecule has 0 bridgehead atoms. The lowest BCUT2D eigenvalue weighted by molar-refractivity contribution is -0.157. The van der Waals surface area contributed by atoms with Crippen LogP contribution in [0.2, 0.25) is 10.0 Å². The van der Waals surface area contributed by atoms with E-state index in [0.29, 0.717) is 22.8 Å². The number of carbonyl (C=O) groups excluding carboxylic acids is 1. The first-order valence-corrected chi connectivity index (χ1v) is 12.6. The lowest BCUT2D eigenvalue weighted by Gasteiger charge is -2.37. The van der Waals surface area contributed by atoms with E-state index in [9.17, 15) is 10.1 Å². The molecule has 2 aromatic carbocycles. The van der Waals surface area contributed by atoms with Crippen LogP contribution in [0.3, 0.4) is 0 Å². The summed E-state index contributed by atoms with van der Waals surface area (Å²) >= 11 is 12.5. The fraction of sp³-hybridized carbons (Fsp3) is 0.500. The van der Waals surface area contributed by atoms with Gasteiger partial charge in [0.25, 0.3) is 0 Å². The Morgan fingerprint density at radius 1 is 1.11 bits per heavy atom. The van der Waals surface area contributed by atoms with Gasteiger partial charge in [0, 0.05) is 33.1 Å². The van der Waals surface area contributed by atoms with Gasteiger partial charge in [-0.1, -0.05) is 50.0 Å². The van der Waals surface area contributed by atoms with Crippen molar-refractivity contribution in [1.82, 2.24) is 5.32 Å². The molecule has 0 radical (unpaired) electrons. The fourth-order valence-electron chi connectivity index (χ4n) is 5.09. The number of nitriles is 1. The summed E-state index contributed by atoms with van der Waals surface area (Å²) in [6, 6.07) is 10.2. The molecule has 8 heteroatoms. The van der Waals surface area contributed by atoms with Crippen molar-refractivity contribution >= 4 is 29.2 Å². The van der Waals surface area contributed by atoms with Crippen molar-refractivity contribution in [2.45, 2.75) is 77.0 Å². The Labute approximate surface area is 222 Å². The van der Waals surface area contributed by atoms with Crippen LogP contribution in [0.1, 0.15) is 65.0 Å². The number of benzene rings is 2. The average molecular weight is 535 g/mol. The fourth-order valence-corrected chi connectivity index (χ4v) is 5.43. The van der Waals surface area contributed by atoms with Gasteiger partial charge in [-0.15, -0.1) is 0 Å². The Kier molecular flexibility index (Phi) is 8.01. The van der Waals surface area contributed by atoms with E-state index in [1.807, 2.05) is 20.8 Å². The number of nitrogens with zero attached hydrogens (tertiary/aromatic N) is 1. The van der Waals surface area contributed by atoms with Gasteiger partial charge >= 0.3 is 5.97 Å². The van der Waals surface area contributed by atoms with Crippen LogP contribution in [0, 0.1) is 22.6 Å². The Morgan fingerprint density at radius 3 is 2.25 bits per heavy atom. The maximum Gasteiger partial charge on any atom is 0.324 e. The highest BCUT2D eigenvalue weighted by Gasteiger charge is 2.61. The minimum Gasteiger partial charge on any atom is -0.496 e. The third-order valence-electron chi connectivity index (χ3n) is 6.32. The monoisotopic (exact) mass is 534 g/mol. The molecule has 1 aliphatic heterocycles. The molecule has 1 fully saturated rings. The minimum absolute atomic E-state index is 0.147. The SMILES string of the molecule is COc1ccc(Cl)cc1[C@H]1[C@H](C(=O)OC(C)(C)C)N[C@@H](CC(C)(C)C)[C@]1(C#N)c1ccc(Cl)cc1F. The first-order chi connectivity index (χ1) is 16.6. The Hall–Kier alpha value is -2.33. The molecule has 1 heterocycles. The minimum atomic E-state index is -1.51. The van der Waals surface area contributed by atoms with Crippen LogP contribution in [0.4, 0.5) is 4.39 Å². The molecule has 0 spiro atoms. The van der Waals surface area contributed by atoms with E-state index in [4.69, 9.17) is 32.7 Å². The molecule has 1 aliphatic rings. The van der Waals surface area contributed by atoms with Gasteiger partial charge in [0.05, 0.1) is 13.2 Å². The Bertz CT molecular complexity index is 1180. The van der Waals surface area contributed by atoms with E-state index in [1.54, 1.807) is 45.0 Å². The number of hydrogen-bond acceptors (Lipinski definition) is 5. The van der Waals surface area contributed by atoms with Gasteiger partial charge in [0.2, 0.25) is 0 Å². The zero-order valence-electron chi connectivity index (χ0n) is 21.7. The summed E-state index contributed by atoms with van der Waals surface area (Å²) in [5, 5.41) is 14.9. The summed E-state index contributed by atoms with van der Waals surface area (Å²) in [6.07, 6.45) is 0.474. The number of hydrogen-bond donors (Lipinski definition) is 1. The second-order valence-corrected chi connectivity index (χ2v) is 12.3. The molecule has 1 N–H and O–H groups in total. The number of nitrogens with one attached hydrogen (secondary N) is 1. The first kappa shape index (κ1) is 28.2. The molecular formula is C28H33Cl2FN2O3. The summed E-state index contributed by atoms with van der Waals surface area (Å²) in [5.41, 5.74) is -1.88. The van der Waals surface area contributed by atoms with Crippen LogP contribution in [0.25, 0.3) is 0 Å². The van der Waals surface area contributed by atoms with Crippen LogP contribution in [-0.4, -0.2) is 30.8 Å². The third kappa shape index (κ3) is 5.64. The van der Waals surface area contributed by atoms with E-state index in [0.717, 1.165) is 0 Å². The van der Waals surface area contributed by atoms with E-state index in [1.165, 1.54) is 19.2 Å². The number of rotatable bonds is 5. The highest BCUT2D eigenvalue weighted by molar-refractivity contribution is 6.31. The van der Waals surface area contributed by atoms with Crippen LogP contribution < -0.4 is 10.1 Å². The van der Waals surface area contributed by atoms with E-state index in [2.05, 4.69) is 11.4 Å². The van der Waals surface area contributed by atoms with Crippen molar-refractivity contribution in [1.29, 1.82) is 5.26 Å². The van der Waals surface area contributed by atoms with E-state index < -0.39 is 40.8 Å². The largest absolute Gasteiger partial charge is 0.496 e.